The number of thioether (sulfide) groups is 1. The zero-order valence-electron chi connectivity index (χ0n) is 15.4. The van der Waals surface area contributed by atoms with Gasteiger partial charge >= 0.3 is 0 Å². The third-order valence-electron chi connectivity index (χ3n) is 4.78. The molecule has 0 amide bonds. The molecular weight excluding hydrogens is 332 g/mol. The Labute approximate surface area is 155 Å². The molecule has 5 heteroatoms. The fourth-order valence-electron chi connectivity index (χ4n) is 3.41. The number of nitriles is 2. The van der Waals surface area contributed by atoms with Crippen LogP contribution in [0.15, 0.2) is 21.6 Å². The van der Waals surface area contributed by atoms with Gasteiger partial charge < -0.3 is 9.47 Å². The van der Waals surface area contributed by atoms with E-state index in [0.717, 1.165) is 62.4 Å². The summed E-state index contributed by atoms with van der Waals surface area (Å²) in [5, 5.41) is 18.4. The number of unbranched alkanes of at least 4 members (excludes halogenated alkanes) is 2. The molecule has 0 fully saturated rings. The zero-order valence-corrected chi connectivity index (χ0v) is 16.2. The molecule has 1 heterocycles. The van der Waals surface area contributed by atoms with Crippen LogP contribution in [0.25, 0.3) is 0 Å². The summed E-state index contributed by atoms with van der Waals surface area (Å²) in [7, 11) is 0. The Morgan fingerprint density at radius 1 is 1.04 bits per heavy atom. The Kier molecular flexibility index (Phi) is 8.03. The van der Waals surface area contributed by atoms with Gasteiger partial charge in [-0.25, -0.2) is 0 Å². The number of rotatable bonds is 10. The third-order valence-corrected chi connectivity index (χ3v) is 6.02. The van der Waals surface area contributed by atoms with E-state index in [9.17, 15) is 10.5 Å². The summed E-state index contributed by atoms with van der Waals surface area (Å²) in [6, 6.07) is 4.11. The highest BCUT2D eigenvalue weighted by Crippen LogP contribution is 2.53. The van der Waals surface area contributed by atoms with Gasteiger partial charge in [0.2, 0.25) is 0 Å². The number of allylic oxidation sites excluding steroid dienone is 2. The van der Waals surface area contributed by atoms with E-state index < -0.39 is 0 Å². The zero-order chi connectivity index (χ0) is 18.1. The molecule has 0 aromatic carbocycles. The first-order valence-corrected chi connectivity index (χ1v) is 10.2. The van der Waals surface area contributed by atoms with Crippen molar-refractivity contribution >= 4 is 11.8 Å². The van der Waals surface area contributed by atoms with E-state index in [-0.39, 0.29) is 11.0 Å². The largest absolute Gasteiger partial charge is 0.381 e. The van der Waals surface area contributed by atoms with Crippen molar-refractivity contribution in [3.8, 4) is 12.1 Å². The molecule has 0 spiro atoms. The van der Waals surface area contributed by atoms with Gasteiger partial charge in [-0.3, -0.25) is 0 Å². The number of hydrogen-bond acceptors (Lipinski definition) is 5. The van der Waals surface area contributed by atoms with Gasteiger partial charge in [0.25, 0.3) is 0 Å². The molecule has 25 heavy (non-hydrogen) atoms. The van der Waals surface area contributed by atoms with Gasteiger partial charge in [0.1, 0.15) is 17.7 Å². The molecule has 0 saturated heterocycles. The van der Waals surface area contributed by atoms with Crippen LogP contribution in [0.1, 0.15) is 52.4 Å². The van der Waals surface area contributed by atoms with Crippen molar-refractivity contribution in [2.75, 3.05) is 32.2 Å². The second-order valence-corrected chi connectivity index (χ2v) is 7.95. The highest BCUT2D eigenvalue weighted by molar-refractivity contribution is 8.03. The topological polar surface area (TPSA) is 66.0 Å². The Bertz CT molecular complexity index is 582. The third kappa shape index (κ3) is 5.11. The van der Waals surface area contributed by atoms with Crippen LogP contribution in [0.4, 0.5) is 0 Å². The van der Waals surface area contributed by atoms with E-state index in [1.165, 1.54) is 11.1 Å². The summed E-state index contributed by atoms with van der Waals surface area (Å²) in [4.78, 5) is 0.893. The van der Waals surface area contributed by atoms with E-state index in [0.29, 0.717) is 13.2 Å². The first-order chi connectivity index (χ1) is 12.2. The van der Waals surface area contributed by atoms with E-state index in [1.54, 1.807) is 11.8 Å². The van der Waals surface area contributed by atoms with Crippen molar-refractivity contribution in [3.05, 3.63) is 21.6 Å². The summed E-state index contributed by atoms with van der Waals surface area (Å²) in [6.07, 6.45) is 6.23. The van der Waals surface area contributed by atoms with Crippen molar-refractivity contribution in [2.45, 2.75) is 52.4 Å². The molecule has 0 unspecified atom stereocenters. The Hall–Kier alpha value is -1.27. The molecule has 1 aliphatic heterocycles. The molecule has 2 aliphatic rings. The monoisotopic (exact) mass is 360 g/mol. The summed E-state index contributed by atoms with van der Waals surface area (Å²) >= 11 is 1.64. The average molecular weight is 361 g/mol. The van der Waals surface area contributed by atoms with E-state index in [4.69, 9.17) is 9.47 Å². The summed E-state index contributed by atoms with van der Waals surface area (Å²) in [6.45, 7) is 7.29. The molecule has 1 aliphatic carbocycles. The number of hydrogen-bond donors (Lipinski definition) is 0. The van der Waals surface area contributed by atoms with Gasteiger partial charge in [-0.2, -0.15) is 10.5 Å². The molecule has 136 valence electrons. The fraction of sp³-hybridized carbons (Fsp3) is 0.700. The van der Waals surface area contributed by atoms with Crippen molar-refractivity contribution in [3.63, 3.8) is 0 Å². The fourth-order valence-corrected chi connectivity index (χ4v) is 4.63. The first-order valence-electron chi connectivity index (χ1n) is 9.23. The lowest BCUT2D eigenvalue weighted by Gasteiger charge is -2.30. The molecule has 0 radical (unpaired) electrons. The van der Waals surface area contributed by atoms with Crippen LogP contribution in [0.2, 0.25) is 0 Å². The standard InChI is InChI=1S/C20H28N2O2S/c1-3-5-7-23-14-20(15-24-8-6-4-2)9-16-13-25-19(18(16)10-20)17(11-21)12-22/h3-10,13-15H2,1-2H3. The van der Waals surface area contributed by atoms with Gasteiger partial charge in [0.05, 0.1) is 13.2 Å². The van der Waals surface area contributed by atoms with Crippen molar-refractivity contribution in [1.29, 1.82) is 10.5 Å². The van der Waals surface area contributed by atoms with Gasteiger partial charge in [-0.15, -0.1) is 11.8 Å². The van der Waals surface area contributed by atoms with Crippen LogP contribution in [-0.4, -0.2) is 32.2 Å². The first kappa shape index (κ1) is 20.0. The molecule has 0 aromatic heterocycles. The van der Waals surface area contributed by atoms with Gasteiger partial charge in [0, 0.05) is 29.3 Å². The average Bonchev–Trinajstić information content (AvgIpc) is 3.16. The maximum Gasteiger partial charge on any atom is 0.143 e. The quantitative estimate of drug-likeness (QED) is 0.416. The molecule has 4 nitrogen and oxygen atoms in total. The summed E-state index contributed by atoms with van der Waals surface area (Å²) < 4.78 is 11.9. The Morgan fingerprint density at radius 2 is 1.64 bits per heavy atom. The van der Waals surface area contributed by atoms with Crippen LogP contribution in [0.5, 0.6) is 0 Å². The Balaban J connectivity index is 2.07. The highest BCUT2D eigenvalue weighted by Gasteiger charge is 2.43. The van der Waals surface area contributed by atoms with Crippen LogP contribution >= 0.6 is 11.8 Å². The summed E-state index contributed by atoms with van der Waals surface area (Å²) in [5.41, 5.74) is 2.81. The lowest BCUT2D eigenvalue weighted by molar-refractivity contribution is -0.0188. The van der Waals surface area contributed by atoms with Gasteiger partial charge in [-0.1, -0.05) is 32.3 Å². The molecule has 0 atom stereocenters. The lowest BCUT2D eigenvalue weighted by Crippen LogP contribution is -2.31. The lowest BCUT2D eigenvalue weighted by atomic mass is 9.85. The minimum Gasteiger partial charge on any atom is -0.381 e. The maximum absolute atomic E-state index is 9.22. The van der Waals surface area contributed by atoms with E-state index >= 15 is 0 Å². The number of nitrogens with zero attached hydrogens (tertiary/aromatic N) is 2. The predicted molar refractivity (Wildman–Crippen MR) is 101 cm³/mol. The minimum absolute atomic E-state index is 0.0333. The summed E-state index contributed by atoms with van der Waals surface area (Å²) in [5.74, 6) is 0.892. The smallest absolute Gasteiger partial charge is 0.143 e. The maximum atomic E-state index is 9.22. The predicted octanol–water partition coefficient (Wildman–Crippen LogP) is 4.74. The van der Waals surface area contributed by atoms with Gasteiger partial charge in [0.15, 0.2) is 0 Å². The normalized spacial score (nSPS) is 18.2. The van der Waals surface area contributed by atoms with E-state index in [1.807, 2.05) is 0 Å². The second-order valence-electron chi connectivity index (χ2n) is 6.96. The van der Waals surface area contributed by atoms with Crippen LogP contribution in [0.3, 0.4) is 0 Å². The molecular formula is C20H28N2O2S. The molecule has 2 rings (SSSR count). The molecule has 0 N–H and O–H groups in total. The molecule has 0 aromatic rings. The SMILES string of the molecule is CCCCOCC1(COCCCC)CC2=C(C1)C(=C(C#N)C#N)SC2. The Morgan fingerprint density at radius 3 is 2.16 bits per heavy atom. The molecule has 0 saturated carbocycles. The van der Waals surface area contributed by atoms with Crippen LogP contribution in [-0.2, 0) is 9.47 Å². The van der Waals surface area contributed by atoms with Crippen molar-refractivity contribution in [2.24, 2.45) is 5.41 Å². The second kappa shape index (κ2) is 10.0. The number of ether oxygens (including phenoxy) is 2. The van der Waals surface area contributed by atoms with E-state index in [2.05, 4.69) is 26.0 Å². The molecule has 0 bridgehead atoms. The van der Waals surface area contributed by atoms with Crippen LogP contribution < -0.4 is 0 Å². The van der Waals surface area contributed by atoms with Crippen molar-refractivity contribution in [1.82, 2.24) is 0 Å². The van der Waals surface area contributed by atoms with Gasteiger partial charge in [-0.05, 0) is 31.3 Å². The minimum atomic E-state index is -0.0333. The van der Waals surface area contributed by atoms with Crippen LogP contribution in [0, 0.1) is 28.1 Å². The van der Waals surface area contributed by atoms with Crippen molar-refractivity contribution < 1.29 is 9.47 Å². The highest BCUT2D eigenvalue weighted by atomic mass is 32.2.